The second kappa shape index (κ2) is 6.14. The summed E-state index contributed by atoms with van der Waals surface area (Å²) in [5.74, 6) is 0.707. The van der Waals surface area contributed by atoms with Crippen molar-refractivity contribution < 1.29 is 9.84 Å². The summed E-state index contributed by atoms with van der Waals surface area (Å²) in [5.41, 5.74) is 1.90. The molecule has 0 aliphatic rings. The SMILES string of the molecule is Cc1ccc(OCCCC#N)c([C@@H](C)O)c1. The molecule has 1 aromatic rings. The van der Waals surface area contributed by atoms with Gasteiger partial charge >= 0.3 is 0 Å². The molecule has 0 saturated heterocycles. The van der Waals surface area contributed by atoms with Crippen molar-refractivity contribution in [3.05, 3.63) is 29.3 Å². The summed E-state index contributed by atoms with van der Waals surface area (Å²) in [5, 5.41) is 18.0. The molecule has 3 nitrogen and oxygen atoms in total. The van der Waals surface area contributed by atoms with E-state index in [4.69, 9.17) is 10.00 Å². The Bertz CT molecular complexity index is 380. The molecule has 0 radical (unpaired) electrons. The molecule has 1 N–H and O–H groups in total. The Labute approximate surface area is 96.3 Å². The number of unbranched alkanes of at least 4 members (excludes halogenated alkanes) is 1. The maximum atomic E-state index is 9.60. The first kappa shape index (κ1) is 12.5. The summed E-state index contributed by atoms with van der Waals surface area (Å²) in [4.78, 5) is 0. The Kier molecular flexibility index (Phi) is 4.81. The summed E-state index contributed by atoms with van der Waals surface area (Å²) in [6.45, 7) is 4.21. The van der Waals surface area contributed by atoms with E-state index in [0.717, 1.165) is 11.1 Å². The van der Waals surface area contributed by atoms with Crippen molar-refractivity contribution in [2.24, 2.45) is 0 Å². The second-order valence-corrected chi connectivity index (χ2v) is 3.83. The van der Waals surface area contributed by atoms with Crippen LogP contribution in [0.1, 0.15) is 37.0 Å². The molecule has 0 saturated carbocycles. The Morgan fingerprint density at radius 2 is 2.25 bits per heavy atom. The van der Waals surface area contributed by atoms with Gasteiger partial charge in [-0.05, 0) is 32.4 Å². The number of rotatable bonds is 5. The van der Waals surface area contributed by atoms with Gasteiger partial charge in [-0.2, -0.15) is 5.26 Å². The van der Waals surface area contributed by atoms with Crippen LogP contribution in [0.4, 0.5) is 0 Å². The summed E-state index contributed by atoms with van der Waals surface area (Å²) in [7, 11) is 0. The van der Waals surface area contributed by atoms with Gasteiger partial charge in [-0.3, -0.25) is 0 Å². The van der Waals surface area contributed by atoms with Crippen molar-refractivity contribution in [1.82, 2.24) is 0 Å². The molecular weight excluding hydrogens is 202 g/mol. The highest BCUT2D eigenvalue weighted by molar-refractivity contribution is 5.38. The number of hydrogen-bond donors (Lipinski definition) is 1. The quantitative estimate of drug-likeness (QED) is 0.775. The van der Waals surface area contributed by atoms with Crippen LogP contribution in [0.25, 0.3) is 0 Å². The monoisotopic (exact) mass is 219 g/mol. The number of aryl methyl sites for hydroxylation is 1. The third kappa shape index (κ3) is 3.56. The van der Waals surface area contributed by atoms with Crippen LogP contribution in [0.2, 0.25) is 0 Å². The maximum Gasteiger partial charge on any atom is 0.125 e. The van der Waals surface area contributed by atoms with Crippen molar-refractivity contribution in [2.75, 3.05) is 6.61 Å². The fraction of sp³-hybridized carbons (Fsp3) is 0.462. The van der Waals surface area contributed by atoms with Gasteiger partial charge < -0.3 is 9.84 Å². The number of benzene rings is 1. The Balaban J connectivity index is 2.68. The lowest BCUT2D eigenvalue weighted by Gasteiger charge is -2.13. The lowest BCUT2D eigenvalue weighted by Crippen LogP contribution is -2.02. The van der Waals surface area contributed by atoms with Gasteiger partial charge in [-0.1, -0.05) is 11.6 Å². The minimum atomic E-state index is -0.536. The van der Waals surface area contributed by atoms with E-state index in [-0.39, 0.29) is 0 Å². The van der Waals surface area contributed by atoms with E-state index >= 15 is 0 Å². The first-order valence-corrected chi connectivity index (χ1v) is 5.43. The average molecular weight is 219 g/mol. The zero-order valence-electron chi connectivity index (χ0n) is 9.73. The molecule has 1 atom stereocenters. The molecule has 0 bridgehead atoms. The van der Waals surface area contributed by atoms with E-state index in [9.17, 15) is 5.11 Å². The van der Waals surface area contributed by atoms with E-state index < -0.39 is 6.10 Å². The van der Waals surface area contributed by atoms with Crippen molar-refractivity contribution in [3.63, 3.8) is 0 Å². The van der Waals surface area contributed by atoms with Crippen LogP contribution in [0.3, 0.4) is 0 Å². The van der Waals surface area contributed by atoms with Gasteiger partial charge in [0.15, 0.2) is 0 Å². The molecule has 0 spiro atoms. The largest absolute Gasteiger partial charge is 0.493 e. The number of ether oxygens (including phenoxy) is 1. The minimum absolute atomic E-state index is 0.496. The molecule has 0 unspecified atom stereocenters. The molecule has 0 amide bonds. The van der Waals surface area contributed by atoms with Gasteiger partial charge in [0.05, 0.1) is 18.8 Å². The fourth-order valence-corrected chi connectivity index (χ4v) is 1.46. The predicted molar refractivity (Wildman–Crippen MR) is 62.2 cm³/mol. The van der Waals surface area contributed by atoms with Crippen LogP contribution in [0.15, 0.2) is 18.2 Å². The van der Waals surface area contributed by atoms with Crippen LogP contribution >= 0.6 is 0 Å². The smallest absolute Gasteiger partial charge is 0.125 e. The molecule has 0 heterocycles. The Hall–Kier alpha value is -1.53. The fourth-order valence-electron chi connectivity index (χ4n) is 1.46. The van der Waals surface area contributed by atoms with E-state index in [1.54, 1.807) is 6.92 Å². The highest BCUT2D eigenvalue weighted by Gasteiger charge is 2.09. The van der Waals surface area contributed by atoms with E-state index in [0.29, 0.717) is 25.2 Å². The minimum Gasteiger partial charge on any atom is -0.493 e. The molecule has 0 aromatic heterocycles. The molecule has 0 fully saturated rings. The normalized spacial score (nSPS) is 11.9. The zero-order valence-corrected chi connectivity index (χ0v) is 9.73. The van der Waals surface area contributed by atoms with Gasteiger partial charge in [0.2, 0.25) is 0 Å². The predicted octanol–water partition coefficient (Wildman–Crippen LogP) is 2.73. The highest BCUT2D eigenvalue weighted by atomic mass is 16.5. The summed E-state index contributed by atoms with van der Waals surface area (Å²) < 4.78 is 5.54. The summed E-state index contributed by atoms with van der Waals surface area (Å²) in [6, 6.07) is 7.81. The molecule has 0 aliphatic heterocycles. The first-order valence-electron chi connectivity index (χ1n) is 5.43. The highest BCUT2D eigenvalue weighted by Crippen LogP contribution is 2.26. The van der Waals surface area contributed by atoms with Crippen molar-refractivity contribution in [1.29, 1.82) is 5.26 Å². The van der Waals surface area contributed by atoms with Crippen LogP contribution in [0.5, 0.6) is 5.75 Å². The van der Waals surface area contributed by atoms with Gasteiger partial charge in [-0.25, -0.2) is 0 Å². The second-order valence-electron chi connectivity index (χ2n) is 3.83. The first-order chi connectivity index (χ1) is 7.65. The van der Waals surface area contributed by atoms with Gasteiger partial charge in [-0.15, -0.1) is 0 Å². The lowest BCUT2D eigenvalue weighted by molar-refractivity contribution is 0.191. The van der Waals surface area contributed by atoms with Crippen LogP contribution < -0.4 is 4.74 Å². The van der Waals surface area contributed by atoms with Gasteiger partial charge in [0.1, 0.15) is 5.75 Å². The van der Waals surface area contributed by atoms with E-state index in [1.807, 2.05) is 25.1 Å². The topological polar surface area (TPSA) is 53.2 Å². The zero-order chi connectivity index (χ0) is 12.0. The molecule has 0 aliphatic carbocycles. The Morgan fingerprint density at radius 3 is 2.88 bits per heavy atom. The van der Waals surface area contributed by atoms with Gasteiger partial charge in [0, 0.05) is 12.0 Å². The number of hydrogen-bond acceptors (Lipinski definition) is 3. The third-order valence-electron chi connectivity index (χ3n) is 2.31. The van der Waals surface area contributed by atoms with Crippen molar-refractivity contribution in [3.8, 4) is 11.8 Å². The van der Waals surface area contributed by atoms with Crippen LogP contribution in [-0.2, 0) is 0 Å². The van der Waals surface area contributed by atoms with Gasteiger partial charge in [0.25, 0.3) is 0 Å². The molecule has 3 heteroatoms. The van der Waals surface area contributed by atoms with E-state index in [1.165, 1.54) is 0 Å². The standard InChI is InChI=1S/C13H17NO2/c1-10-5-6-13(12(9-10)11(2)15)16-8-4-3-7-14/h5-6,9,11,15H,3-4,8H2,1-2H3/t11-/m1/s1. The molecule has 1 rings (SSSR count). The molecule has 16 heavy (non-hydrogen) atoms. The molecule has 1 aromatic carbocycles. The van der Waals surface area contributed by atoms with Crippen LogP contribution in [0, 0.1) is 18.3 Å². The van der Waals surface area contributed by atoms with Crippen molar-refractivity contribution >= 4 is 0 Å². The van der Waals surface area contributed by atoms with Crippen LogP contribution in [-0.4, -0.2) is 11.7 Å². The molecular formula is C13H17NO2. The van der Waals surface area contributed by atoms with E-state index in [2.05, 4.69) is 6.07 Å². The number of aliphatic hydroxyl groups is 1. The molecule has 86 valence electrons. The van der Waals surface area contributed by atoms with Crippen molar-refractivity contribution in [2.45, 2.75) is 32.8 Å². The number of aliphatic hydroxyl groups excluding tert-OH is 1. The summed E-state index contributed by atoms with van der Waals surface area (Å²) in [6.07, 6.45) is 0.672. The lowest BCUT2D eigenvalue weighted by atomic mass is 10.1. The Morgan fingerprint density at radius 1 is 1.50 bits per heavy atom. The number of nitriles is 1. The third-order valence-corrected chi connectivity index (χ3v) is 2.31. The summed E-state index contributed by atoms with van der Waals surface area (Å²) >= 11 is 0. The number of nitrogens with zero attached hydrogens (tertiary/aromatic N) is 1. The average Bonchev–Trinajstić information content (AvgIpc) is 2.26. The maximum absolute atomic E-state index is 9.60.